The molecule has 0 atom stereocenters. The predicted molar refractivity (Wildman–Crippen MR) is 53.0 cm³/mol. The molecule has 0 radical (unpaired) electrons. The van der Waals surface area contributed by atoms with Gasteiger partial charge in [-0.2, -0.15) is 0 Å². The maximum absolute atomic E-state index is 9.75. The summed E-state index contributed by atoms with van der Waals surface area (Å²) in [6, 6.07) is 0. The Morgan fingerprint density at radius 2 is 1.00 bits per heavy atom. The van der Waals surface area contributed by atoms with Crippen molar-refractivity contribution in [3.8, 4) is 0 Å². The van der Waals surface area contributed by atoms with E-state index in [1.807, 2.05) is 0 Å². The number of halogens is 4. The first-order valence-corrected chi connectivity index (χ1v) is 4.39. The first-order chi connectivity index (χ1) is 5.68. The zero-order valence-electron chi connectivity index (χ0n) is 9.36. The Hall–Kier alpha value is -0.295. The largest absolute Gasteiger partial charge is 0.673 e. The number of hydrogen-bond donors (Lipinski definition) is 1. The van der Waals surface area contributed by atoms with Crippen molar-refractivity contribution in [1.82, 2.24) is 6.15 Å². The molecule has 0 aliphatic heterocycles. The van der Waals surface area contributed by atoms with Gasteiger partial charge in [0.25, 0.3) is 0 Å². The van der Waals surface area contributed by atoms with E-state index in [9.17, 15) is 17.3 Å². The molecule has 0 rings (SSSR count). The van der Waals surface area contributed by atoms with Gasteiger partial charge in [-0.15, -0.1) is 0 Å². The van der Waals surface area contributed by atoms with Crippen LogP contribution in [-0.2, 0) is 0 Å². The summed E-state index contributed by atoms with van der Waals surface area (Å²) in [7, 11) is -3.71. The second kappa shape index (κ2) is 8.05. The van der Waals surface area contributed by atoms with E-state index in [-0.39, 0.29) is 6.15 Å². The van der Waals surface area contributed by atoms with Gasteiger partial charge in [-0.3, -0.25) is 0 Å². The molecule has 0 aliphatic carbocycles. The fourth-order valence-electron chi connectivity index (χ4n) is 0.671. The third-order valence-corrected chi connectivity index (χ3v) is 2.29. The van der Waals surface area contributed by atoms with Gasteiger partial charge in [-0.1, -0.05) is 0 Å². The Kier molecular flexibility index (Phi) is 11.1. The summed E-state index contributed by atoms with van der Waals surface area (Å²) < 4.78 is 40.2. The first kappa shape index (κ1) is 19.3. The highest BCUT2D eigenvalue weighted by atomic mass is 19.5. The Balaban J connectivity index is -0.000000177. The van der Waals surface area contributed by atoms with Crippen molar-refractivity contribution in [2.75, 3.05) is 26.7 Å². The van der Waals surface area contributed by atoms with Crippen molar-refractivity contribution in [3.63, 3.8) is 0 Å². The van der Waals surface area contributed by atoms with Crippen LogP contribution in [0.15, 0.2) is 0 Å². The van der Waals surface area contributed by atoms with Gasteiger partial charge in [0.1, 0.15) is 0 Å². The van der Waals surface area contributed by atoms with Gasteiger partial charge in [-0.25, -0.2) is 0 Å². The fourth-order valence-corrected chi connectivity index (χ4v) is 0.671. The second-order valence-electron chi connectivity index (χ2n) is 3.06. The van der Waals surface area contributed by atoms with Gasteiger partial charge in [-0.05, 0) is 20.8 Å². The van der Waals surface area contributed by atoms with Gasteiger partial charge in [0.15, 0.2) is 0 Å². The summed E-state index contributed by atoms with van der Waals surface area (Å²) in [6.07, 6.45) is 0. The molecule has 0 amide bonds. The number of hydrogen-bond acceptors (Lipinski definition) is 1. The molecule has 0 spiro atoms. The summed E-state index contributed by atoms with van der Waals surface area (Å²) >= 11 is 0. The fraction of sp³-hybridized carbons (Fsp3) is 1.00. The summed E-state index contributed by atoms with van der Waals surface area (Å²) in [4.78, 5) is 0. The predicted octanol–water partition coefficient (Wildman–Crippen LogP) is 2.95. The molecule has 0 aromatic carbocycles. The average molecular weight is 220 g/mol. The molecule has 3 N–H and O–H groups in total. The molecule has 0 saturated carbocycles. The van der Waals surface area contributed by atoms with Crippen LogP contribution in [0.5, 0.6) is 0 Å². The SMILES string of the molecule is CC[N+](C)(CC)CC.F[B-](F)(F)F.N. The minimum absolute atomic E-state index is 0. The molecule has 0 fully saturated rings. The molecular formula is C7H21BF4N2. The van der Waals surface area contributed by atoms with Gasteiger partial charge >= 0.3 is 7.25 Å². The average Bonchev–Trinajstić information content (AvgIpc) is 2.00. The van der Waals surface area contributed by atoms with E-state index in [1.54, 1.807) is 0 Å². The van der Waals surface area contributed by atoms with Crippen molar-refractivity contribution in [2.45, 2.75) is 20.8 Å². The second-order valence-corrected chi connectivity index (χ2v) is 3.06. The normalized spacial score (nSPS) is 11.1. The van der Waals surface area contributed by atoms with E-state index in [4.69, 9.17) is 0 Å². The van der Waals surface area contributed by atoms with E-state index < -0.39 is 7.25 Å². The summed E-state index contributed by atoms with van der Waals surface area (Å²) in [5, 5.41) is 0. The zero-order valence-corrected chi connectivity index (χ0v) is 9.36. The van der Waals surface area contributed by atoms with Gasteiger partial charge in [0.2, 0.25) is 0 Å². The highest BCUT2D eigenvalue weighted by Crippen LogP contribution is 2.06. The summed E-state index contributed by atoms with van der Waals surface area (Å²) in [6.45, 7) is 10.5. The van der Waals surface area contributed by atoms with E-state index in [2.05, 4.69) is 27.8 Å². The molecule has 14 heavy (non-hydrogen) atoms. The van der Waals surface area contributed by atoms with E-state index in [0.29, 0.717) is 0 Å². The Morgan fingerprint density at radius 3 is 1.00 bits per heavy atom. The Morgan fingerprint density at radius 1 is 0.857 bits per heavy atom. The number of rotatable bonds is 3. The van der Waals surface area contributed by atoms with Gasteiger partial charge in [0.05, 0.1) is 26.7 Å². The van der Waals surface area contributed by atoms with Gasteiger partial charge in [0, 0.05) is 0 Å². The summed E-state index contributed by atoms with van der Waals surface area (Å²) in [5.74, 6) is 0. The maximum atomic E-state index is 9.75. The molecule has 0 heterocycles. The van der Waals surface area contributed by atoms with E-state index in [0.717, 1.165) is 0 Å². The highest BCUT2D eigenvalue weighted by molar-refractivity contribution is 6.50. The van der Waals surface area contributed by atoms with E-state index in [1.165, 1.54) is 24.1 Å². The number of nitrogens with zero attached hydrogens (tertiary/aromatic N) is 1. The van der Waals surface area contributed by atoms with Crippen LogP contribution in [0, 0.1) is 0 Å². The van der Waals surface area contributed by atoms with Crippen molar-refractivity contribution in [1.29, 1.82) is 0 Å². The zero-order chi connectivity index (χ0) is 11.1. The molecule has 0 unspecified atom stereocenters. The van der Waals surface area contributed by atoms with Crippen LogP contribution in [-0.4, -0.2) is 38.4 Å². The lowest BCUT2D eigenvalue weighted by Crippen LogP contribution is -2.42. The monoisotopic (exact) mass is 220 g/mol. The van der Waals surface area contributed by atoms with Crippen molar-refractivity contribution < 1.29 is 21.7 Å². The highest BCUT2D eigenvalue weighted by Gasteiger charge is 2.20. The van der Waals surface area contributed by atoms with Crippen LogP contribution in [0.1, 0.15) is 20.8 Å². The molecular weight excluding hydrogens is 199 g/mol. The van der Waals surface area contributed by atoms with Crippen molar-refractivity contribution in [2.24, 2.45) is 0 Å². The third kappa shape index (κ3) is 17.7. The molecule has 2 nitrogen and oxygen atoms in total. The molecule has 0 bridgehead atoms. The minimum atomic E-state index is -6.00. The van der Waals surface area contributed by atoms with Crippen LogP contribution in [0.2, 0.25) is 0 Å². The maximum Gasteiger partial charge on any atom is 0.673 e. The van der Waals surface area contributed by atoms with Crippen LogP contribution in [0.4, 0.5) is 17.3 Å². The topological polar surface area (TPSA) is 35.0 Å². The molecule has 0 aromatic heterocycles. The van der Waals surface area contributed by atoms with Crippen LogP contribution in [0.25, 0.3) is 0 Å². The van der Waals surface area contributed by atoms with Crippen LogP contribution in [0.3, 0.4) is 0 Å². The van der Waals surface area contributed by atoms with Gasteiger partial charge < -0.3 is 27.9 Å². The molecule has 0 aliphatic rings. The Labute approximate surface area is 83.6 Å². The lowest BCUT2D eigenvalue weighted by Gasteiger charge is -2.30. The minimum Gasteiger partial charge on any atom is -0.418 e. The molecule has 0 aromatic rings. The van der Waals surface area contributed by atoms with Crippen LogP contribution < -0.4 is 6.15 Å². The number of quaternary nitrogens is 1. The lowest BCUT2D eigenvalue weighted by molar-refractivity contribution is -0.904. The quantitative estimate of drug-likeness (QED) is 0.443. The van der Waals surface area contributed by atoms with Crippen molar-refractivity contribution >= 4 is 7.25 Å². The van der Waals surface area contributed by atoms with E-state index >= 15 is 0 Å². The Bertz CT molecular complexity index is 111. The van der Waals surface area contributed by atoms with Crippen LogP contribution >= 0.6 is 0 Å². The third-order valence-electron chi connectivity index (χ3n) is 2.29. The van der Waals surface area contributed by atoms with Crippen molar-refractivity contribution in [3.05, 3.63) is 0 Å². The lowest BCUT2D eigenvalue weighted by atomic mass is 10.3. The standard InChI is InChI=1S/C7H18N.BF4.H3N/c1-5-8(4,6-2)7-3;2-1(3,4)5;/h5-7H2,1-4H3;;1H3/q+1;-1;. The molecule has 90 valence electrons. The summed E-state index contributed by atoms with van der Waals surface area (Å²) in [5.41, 5.74) is 0. The first-order valence-electron chi connectivity index (χ1n) is 4.39. The molecule has 7 heteroatoms. The molecule has 0 saturated heterocycles. The smallest absolute Gasteiger partial charge is 0.418 e.